The summed E-state index contributed by atoms with van der Waals surface area (Å²) in [5.41, 5.74) is 1.26. The molecule has 0 saturated heterocycles. The number of carbonyl (C=O) groups is 1. The molecule has 0 spiro atoms. The molecule has 7 heteroatoms. The third-order valence-corrected chi connectivity index (χ3v) is 3.29. The second-order valence-electron chi connectivity index (χ2n) is 5.00. The average Bonchev–Trinajstić information content (AvgIpc) is 3.23. The summed E-state index contributed by atoms with van der Waals surface area (Å²) in [6.45, 7) is 4.64. The number of rotatable bonds is 10. The Bertz CT molecular complexity index is 457. The van der Waals surface area contributed by atoms with Gasteiger partial charge in [0, 0.05) is 26.2 Å². The molecule has 1 heterocycles. The van der Waals surface area contributed by atoms with E-state index in [1.165, 1.54) is 0 Å². The van der Waals surface area contributed by atoms with Crippen LogP contribution in [0.3, 0.4) is 0 Å². The molecule has 0 N–H and O–H groups in total. The van der Waals surface area contributed by atoms with Crippen LogP contribution >= 0.6 is 0 Å². The van der Waals surface area contributed by atoms with E-state index in [9.17, 15) is 4.79 Å². The smallest absolute Gasteiger partial charge is 0.360 e. The van der Waals surface area contributed by atoms with Crippen molar-refractivity contribution in [1.82, 2.24) is 15.0 Å². The van der Waals surface area contributed by atoms with Crippen LogP contribution in [0, 0.1) is 0 Å². The van der Waals surface area contributed by atoms with Crippen molar-refractivity contribution in [3.8, 4) is 0 Å². The summed E-state index contributed by atoms with van der Waals surface area (Å²) in [4.78, 5) is 11.9. The number of carbonyl (C=O) groups excluding carboxylic acids is 1. The van der Waals surface area contributed by atoms with Gasteiger partial charge in [0.25, 0.3) is 0 Å². The highest BCUT2D eigenvalue weighted by atomic mass is 16.5. The van der Waals surface area contributed by atoms with E-state index in [2.05, 4.69) is 10.3 Å². The van der Waals surface area contributed by atoms with E-state index in [0.29, 0.717) is 44.6 Å². The zero-order valence-electron chi connectivity index (χ0n) is 12.7. The molecule has 1 aliphatic rings. The van der Waals surface area contributed by atoms with Crippen LogP contribution < -0.4 is 0 Å². The molecule has 0 unspecified atom stereocenters. The molecule has 1 aliphatic carbocycles. The minimum Gasteiger partial charge on any atom is -0.461 e. The lowest BCUT2D eigenvalue weighted by Gasteiger charge is -2.07. The van der Waals surface area contributed by atoms with Crippen molar-refractivity contribution < 1.29 is 19.0 Å². The van der Waals surface area contributed by atoms with Crippen LogP contribution in [0.15, 0.2) is 0 Å². The number of hydrogen-bond donors (Lipinski definition) is 0. The van der Waals surface area contributed by atoms with Crippen molar-refractivity contribution in [3.63, 3.8) is 0 Å². The zero-order chi connectivity index (χ0) is 15.1. The fourth-order valence-electron chi connectivity index (χ4n) is 2.15. The monoisotopic (exact) mass is 297 g/mol. The van der Waals surface area contributed by atoms with Gasteiger partial charge in [0.15, 0.2) is 5.69 Å². The molecule has 0 atom stereocenters. The van der Waals surface area contributed by atoms with E-state index in [4.69, 9.17) is 14.2 Å². The van der Waals surface area contributed by atoms with Gasteiger partial charge in [0.1, 0.15) is 0 Å². The number of hydrogen-bond acceptors (Lipinski definition) is 6. The minimum absolute atomic E-state index is 0.346. The lowest BCUT2D eigenvalue weighted by Crippen LogP contribution is -2.13. The van der Waals surface area contributed by atoms with Gasteiger partial charge in [0.05, 0.1) is 25.5 Å². The Morgan fingerprint density at radius 3 is 2.81 bits per heavy atom. The summed E-state index contributed by atoms with van der Waals surface area (Å²) < 4.78 is 17.3. The van der Waals surface area contributed by atoms with E-state index in [-0.39, 0.29) is 5.97 Å². The minimum atomic E-state index is -0.383. The summed E-state index contributed by atoms with van der Waals surface area (Å²) in [6, 6.07) is 0. The first-order chi connectivity index (χ1) is 10.3. The lowest BCUT2D eigenvalue weighted by atomic mass is 10.2. The van der Waals surface area contributed by atoms with Gasteiger partial charge >= 0.3 is 5.97 Å². The van der Waals surface area contributed by atoms with E-state index in [0.717, 1.165) is 25.0 Å². The predicted octanol–water partition coefficient (Wildman–Crippen LogP) is 1.39. The van der Waals surface area contributed by atoms with E-state index >= 15 is 0 Å². The molecule has 1 saturated carbocycles. The summed E-state index contributed by atoms with van der Waals surface area (Å²) in [6.07, 6.45) is 3.03. The van der Waals surface area contributed by atoms with Crippen LogP contribution in [-0.2, 0) is 20.8 Å². The van der Waals surface area contributed by atoms with E-state index in [1.807, 2.05) is 0 Å². The van der Waals surface area contributed by atoms with Crippen molar-refractivity contribution in [3.05, 3.63) is 11.4 Å². The molecule has 2 rings (SSSR count). The number of ether oxygens (including phenoxy) is 3. The van der Waals surface area contributed by atoms with Gasteiger partial charge in [-0.3, -0.25) is 0 Å². The van der Waals surface area contributed by atoms with Crippen LogP contribution in [0.4, 0.5) is 0 Å². The first-order valence-electron chi connectivity index (χ1n) is 7.45. The third kappa shape index (κ3) is 4.50. The summed E-state index contributed by atoms with van der Waals surface area (Å²) >= 11 is 0. The van der Waals surface area contributed by atoms with Crippen LogP contribution in [0.5, 0.6) is 0 Å². The molecule has 0 amide bonds. The maximum absolute atomic E-state index is 11.9. The van der Waals surface area contributed by atoms with E-state index in [1.54, 1.807) is 18.7 Å². The Morgan fingerprint density at radius 2 is 2.14 bits per heavy atom. The van der Waals surface area contributed by atoms with Gasteiger partial charge in [-0.15, -0.1) is 5.10 Å². The summed E-state index contributed by atoms with van der Waals surface area (Å²) in [5, 5.41) is 8.06. The van der Waals surface area contributed by atoms with Gasteiger partial charge < -0.3 is 14.2 Å². The number of nitrogens with zero attached hydrogens (tertiary/aromatic N) is 3. The molecule has 118 valence electrons. The van der Waals surface area contributed by atoms with Crippen molar-refractivity contribution in [1.29, 1.82) is 0 Å². The van der Waals surface area contributed by atoms with E-state index < -0.39 is 0 Å². The van der Waals surface area contributed by atoms with Crippen molar-refractivity contribution in [2.75, 3.05) is 33.5 Å². The standard InChI is InChI=1S/C14H23N3O4/c1-3-21-14(18)12-13(11-5-6-11)17(16-15-12)7-10-20-9-4-8-19-2/h11H,3-10H2,1-2H3. The molecule has 0 aliphatic heterocycles. The highest BCUT2D eigenvalue weighted by Crippen LogP contribution is 2.41. The quantitative estimate of drug-likeness (QED) is 0.480. The van der Waals surface area contributed by atoms with Crippen LogP contribution in [-0.4, -0.2) is 54.5 Å². The molecule has 0 aromatic carbocycles. The maximum atomic E-state index is 11.9. The molecule has 7 nitrogen and oxygen atoms in total. The lowest BCUT2D eigenvalue weighted by molar-refractivity contribution is 0.0517. The maximum Gasteiger partial charge on any atom is 0.360 e. The number of methoxy groups -OCH3 is 1. The number of aromatic nitrogens is 3. The SMILES string of the molecule is CCOC(=O)c1nnn(CCOCCCOC)c1C1CC1. The highest BCUT2D eigenvalue weighted by molar-refractivity contribution is 5.88. The van der Waals surface area contributed by atoms with Crippen molar-refractivity contribution >= 4 is 5.97 Å². The fourth-order valence-corrected chi connectivity index (χ4v) is 2.15. The largest absolute Gasteiger partial charge is 0.461 e. The zero-order valence-corrected chi connectivity index (χ0v) is 12.7. The van der Waals surface area contributed by atoms with Crippen LogP contribution in [0.1, 0.15) is 48.3 Å². The van der Waals surface area contributed by atoms with Crippen LogP contribution in [0.2, 0.25) is 0 Å². The Balaban J connectivity index is 1.89. The van der Waals surface area contributed by atoms with Crippen molar-refractivity contribution in [2.45, 2.75) is 38.6 Å². The fraction of sp³-hybridized carbons (Fsp3) is 0.786. The molecule has 21 heavy (non-hydrogen) atoms. The van der Waals surface area contributed by atoms with Crippen molar-refractivity contribution in [2.24, 2.45) is 0 Å². The Morgan fingerprint density at radius 1 is 1.33 bits per heavy atom. The molecule has 1 aromatic heterocycles. The molecular weight excluding hydrogens is 274 g/mol. The van der Waals surface area contributed by atoms with Gasteiger partial charge in [-0.25, -0.2) is 9.48 Å². The Labute approximate surface area is 124 Å². The topological polar surface area (TPSA) is 75.5 Å². The third-order valence-electron chi connectivity index (χ3n) is 3.29. The summed E-state index contributed by atoms with van der Waals surface area (Å²) in [5.74, 6) is -0.000407. The first kappa shape index (κ1) is 15.9. The van der Waals surface area contributed by atoms with Crippen LogP contribution in [0.25, 0.3) is 0 Å². The second kappa shape index (κ2) is 8.09. The molecule has 1 fully saturated rings. The molecular formula is C14H23N3O4. The van der Waals surface area contributed by atoms with Gasteiger partial charge in [-0.05, 0) is 26.2 Å². The number of esters is 1. The summed E-state index contributed by atoms with van der Waals surface area (Å²) in [7, 11) is 1.67. The van der Waals surface area contributed by atoms with Gasteiger partial charge in [-0.1, -0.05) is 5.21 Å². The molecule has 1 aromatic rings. The predicted molar refractivity (Wildman–Crippen MR) is 75.3 cm³/mol. The Kier molecular flexibility index (Phi) is 6.13. The normalized spacial score (nSPS) is 14.4. The average molecular weight is 297 g/mol. The molecule has 0 bridgehead atoms. The Hall–Kier alpha value is -1.47. The second-order valence-corrected chi connectivity index (χ2v) is 5.00. The van der Waals surface area contributed by atoms with Gasteiger partial charge in [-0.2, -0.15) is 0 Å². The van der Waals surface area contributed by atoms with Gasteiger partial charge in [0.2, 0.25) is 0 Å². The highest BCUT2D eigenvalue weighted by Gasteiger charge is 2.34. The molecule has 0 radical (unpaired) electrons. The first-order valence-corrected chi connectivity index (χ1v) is 7.45.